The number of hydrazone groups is 1. The van der Waals surface area contributed by atoms with E-state index in [2.05, 4.69) is 32.6 Å². The summed E-state index contributed by atoms with van der Waals surface area (Å²) in [5.41, 5.74) is 6.94. The lowest BCUT2D eigenvalue weighted by molar-refractivity contribution is 1.18. The van der Waals surface area contributed by atoms with Crippen LogP contribution in [0, 0.1) is 0 Å². The van der Waals surface area contributed by atoms with Crippen LogP contribution in [0.4, 0.5) is 5.82 Å². The van der Waals surface area contributed by atoms with Gasteiger partial charge >= 0.3 is 0 Å². The predicted octanol–water partition coefficient (Wildman–Crippen LogP) is 4.69. The van der Waals surface area contributed by atoms with Crippen molar-refractivity contribution in [2.45, 2.75) is 6.42 Å². The van der Waals surface area contributed by atoms with Crippen molar-refractivity contribution < 1.29 is 0 Å². The number of nitrogens with one attached hydrogen (secondary N) is 1. The summed E-state index contributed by atoms with van der Waals surface area (Å²) in [5.74, 6) is 0.713. The maximum atomic E-state index is 4.61. The van der Waals surface area contributed by atoms with Crippen molar-refractivity contribution in [1.29, 1.82) is 0 Å². The predicted molar refractivity (Wildman–Crippen MR) is 106 cm³/mol. The van der Waals surface area contributed by atoms with Gasteiger partial charge in [0.15, 0.2) is 0 Å². The largest absolute Gasteiger partial charge is 0.261 e. The van der Waals surface area contributed by atoms with Crippen molar-refractivity contribution >= 4 is 22.4 Å². The van der Waals surface area contributed by atoms with Crippen LogP contribution in [0.2, 0.25) is 0 Å². The number of anilines is 1. The molecule has 0 aliphatic rings. The van der Waals surface area contributed by atoms with Crippen LogP contribution < -0.4 is 5.43 Å². The Hall–Kier alpha value is -3.53. The van der Waals surface area contributed by atoms with E-state index in [1.54, 1.807) is 6.20 Å². The molecular weight excluding hydrogens is 320 g/mol. The molecule has 0 aliphatic carbocycles. The van der Waals surface area contributed by atoms with Crippen molar-refractivity contribution in [1.82, 2.24) is 9.97 Å². The third-order valence-electron chi connectivity index (χ3n) is 4.08. The second kappa shape index (κ2) is 7.57. The van der Waals surface area contributed by atoms with Gasteiger partial charge in [-0.25, -0.2) is 4.98 Å². The van der Waals surface area contributed by atoms with E-state index in [1.807, 2.05) is 72.8 Å². The van der Waals surface area contributed by atoms with Crippen molar-refractivity contribution in [3.05, 3.63) is 102 Å². The Morgan fingerprint density at radius 2 is 1.62 bits per heavy atom. The molecule has 0 fully saturated rings. The smallest absolute Gasteiger partial charge is 0.146 e. The third-order valence-corrected chi connectivity index (χ3v) is 4.08. The molecule has 26 heavy (non-hydrogen) atoms. The van der Waals surface area contributed by atoms with E-state index in [4.69, 9.17) is 0 Å². The fourth-order valence-corrected chi connectivity index (χ4v) is 2.76. The number of nitrogens with zero attached hydrogens (tertiary/aromatic N) is 3. The molecule has 4 nitrogen and oxygen atoms in total. The number of pyridine rings is 2. The molecule has 0 bridgehead atoms. The fraction of sp³-hybridized carbons (Fsp3) is 0.0455. The van der Waals surface area contributed by atoms with Gasteiger partial charge in [0.1, 0.15) is 5.82 Å². The van der Waals surface area contributed by atoms with Gasteiger partial charge in [0.2, 0.25) is 0 Å². The Morgan fingerprint density at radius 3 is 2.46 bits per heavy atom. The molecule has 0 amide bonds. The summed E-state index contributed by atoms with van der Waals surface area (Å²) in [6.45, 7) is 0. The van der Waals surface area contributed by atoms with E-state index in [-0.39, 0.29) is 0 Å². The second-order valence-electron chi connectivity index (χ2n) is 5.94. The second-order valence-corrected chi connectivity index (χ2v) is 5.94. The standard InChI is InChI=1S/C22H18N4/c1-2-8-17(9-3-1)16-21(20-12-6-7-15-23-20)25-26-22-14-13-18-10-4-5-11-19(18)24-22/h1-15H,16H2,(H,24,26)/b25-21-. The molecule has 0 spiro atoms. The van der Waals surface area contributed by atoms with E-state index in [9.17, 15) is 0 Å². The number of hydrogen-bond acceptors (Lipinski definition) is 4. The molecule has 4 heteroatoms. The Morgan fingerprint density at radius 1 is 0.808 bits per heavy atom. The lowest BCUT2D eigenvalue weighted by Crippen LogP contribution is -2.10. The average molecular weight is 338 g/mol. The van der Waals surface area contributed by atoms with E-state index in [0.29, 0.717) is 12.2 Å². The molecule has 2 aromatic heterocycles. The van der Waals surface area contributed by atoms with Gasteiger partial charge in [-0.05, 0) is 35.9 Å². The van der Waals surface area contributed by atoms with Gasteiger partial charge in [0, 0.05) is 18.0 Å². The quantitative estimate of drug-likeness (QED) is 0.424. The Labute approximate surface area is 152 Å². The minimum atomic E-state index is 0.693. The summed E-state index contributed by atoms with van der Waals surface area (Å²) < 4.78 is 0. The van der Waals surface area contributed by atoms with Crippen LogP contribution in [0.3, 0.4) is 0 Å². The van der Waals surface area contributed by atoms with Gasteiger partial charge in [-0.2, -0.15) is 5.10 Å². The molecule has 0 aliphatic heterocycles. The number of rotatable bonds is 5. The van der Waals surface area contributed by atoms with Crippen molar-refractivity contribution in [2.24, 2.45) is 5.10 Å². The molecule has 0 unspecified atom stereocenters. The summed E-state index contributed by atoms with van der Waals surface area (Å²) in [4.78, 5) is 9.06. The topological polar surface area (TPSA) is 50.2 Å². The first-order valence-electron chi connectivity index (χ1n) is 8.52. The van der Waals surface area contributed by atoms with Gasteiger partial charge in [-0.3, -0.25) is 10.4 Å². The molecule has 0 radical (unpaired) electrons. The van der Waals surface area contributed by atoms with Gasteiger partial charge < -0.3 is 0 Å². The molecule has 126 valence electrons. The van der Waals surface area contributed by atoms with Crippen molar-refractivity contribution in [3.63, 3.8) is 0 Å². The average Bonchev–Trinajstić information content (AvgIpc) is 2.72. The van der Waals surface area contributed by atoms with E-state index < -0.39 is 0 Å². The SMILES string of the molecule is c1ccc(C/C(=N/Nc2ccc3ccccc3n2)c2ccccn2)cc1. The zero-order chi connectivity index (χ0) is 17.6. The Balaban J connectivity index is 1.63. The minimum Gasteiger partial charge on any atom is -0.261 e. The molecule has 4 rings (SSSR count). The zero-order valence-electron chi connectivity index (χ0n) is 14.2. The first-order chi connectivity index (χ1) is 12.9. The number of fused-ring (bicyclic) bond motifs is 1. The van der Waals surface area contributed by atoms with Crippen molar-refractivity contribution in [3.8, 4) is 0 Å². The normalized spacial score (nSPS) is 11.5. The number of hydrogen-bond donors (Lipinski definition) is 1. The first kappa shape index (κ1) is 16.0. The van der Waals surface area contributed by atoms with Crippen molar-refractivity contribution in [2.75, 3.05) is 5.43 Å². The van der Waals surface area contributed by atoms with Gasteiger partial charge in [-0.1, -0.05) is 54.6 Å². The molecule has 4 aromatic rings. The number of para-hydroxylation sites is 1. The van der Waals surface area contributed by atoms with E-state index >= 15 is 0 Å². The van der Waals surface area contributed by atoms with E-state index in [1.165, 1.54) is 5.56 Å². The van der Waals surface area contributed by atoms with Crippen LogP contribution in [-0.4, -0.2) is 15.7 Å². The van der Waals surface area contributed by atoms with Gasteiger partial charge in [0.05, 0.1) is 16.9 Å². The highest BCUT2D eigenvalue weighted by Crippen LogP contribution is 2.15. The zero-order valence-corrected chi connectivity index (χ0v) is 14.2. The van der Waals surface area contributed by atoms with E-state index in [0.717, 1.165) is 22.3 Å². The maximum absolute atomic E-state index is 4.61. The summed E-state index contributed by atoms with van der Waals surface area (Å²) in [5, 5.41) is 5.72. The first-order valence-corrected chi connectivity index (χ1v) is 8.52. The lowest BCUT2D eigenvalue weighted by Gasteiger charge is -2.08. The Kier molecular flexibility index (Phi) is 4.65. The lowest BCUT2D eigenvalue weighted by atomic mass is 10.1. The maximum Gasteiger partial charge on any atom is 0.146 e. The monoisotopic (exact) mass is 338 g/mol. The van der Waals surface area contributed by atoms with Crippen LogP contribution in [0.15, 0.2) is 96.2 Å². The molecule has 0 saturated heterocycles. The van der Waals surface area contributed by atoms with Crippen LogP contribution in [0.1, 0.15) is 11.3 Å². The molecule has 0 atom stereocenters. The van der Waals surface area contributed by atoms with Crippen LogP contribution >= 0.6 is 0 Å². The highest BCUT2D eigenvalue weighted by molar-refractivity contribution is 6.00. The number of aromatic nitrogens is 2. The Bertz CT molecular complexity index is 1030. The van der Waals surface area contributed by atoms with Crippen LogP contribution in [0.25, 0.3) is 10.9 Å². The molecule has 2 aromatic carbocycles. The minimum absolute atomic E-state index is 0.693. The summed E-state index contributed by atoms with van der Waals surface area (Å²) in [6, 6.07) is 28.1. The van der Waals surface area contributed by atoms with Crippen LogP contribution in [-0.2, 0) is 6.42 Å². The molecule has 2 heterocycles. The van der Waals surface area contributed by atoms with Gasteiger partial charge in [-0.15, -0.1) is 0 Å². The molecule has 0 saturated carbocycles. The highest BCUT2D eigenvalue weighted by atomic mass is 15.3. The summed E-state index contributed by atoms with van der Waals surface area (Å²) >= 11 is 0. The molecule has 1 N–H and O–H groups in total. The third kappa shape index (κ3) is 3.75. The van der Waals surface area contributed by atoms with Gasteiger partial charge in [0.25, 0.3) is 0 Å². The number of benzene rings is 2. The summed E-state index contributed by atoms with van der Waals surface area (Å²) in [6.07, 6.45) is 2.47. The fourth-order valence-electron chi connectivity index (χ4n) is 2.76. The summed E-state index contributed by atoms with van der Waals surface area (Å²) in [7, 11) is 0. The van der Waals surface area contributed by atoms with Crippen LogP contribution in [0.5, 0.6) is 0 Å². The highest BCUT2D eigenvalue weighted by Gasteiger charge is 2.07. The molecular formula is C22H18N4.